The summed E-state index contributed by atoms with van der Waals surface area (Å²) in [6.45, 7) is 0.0514. The summed E-state index contributed by atoms with van der Waals surface area (Å²) in [6, 6.07) is 14.6. The van der Waals surface area contributed by atoms with Crippen molar-refractivity contribution in [3.05, 3.63) is 74.5 Å². The van der Waals surface area contributed by atoms with Crippen LogP contribution in [0.25, 0.3) is 20.9 Å². The van der Waals surface area contributed by atoms with E-state index in [-0.39, 0.29) is 17.9 Å². The first-order valence-electron chi connectivity index (χ1n) is 7.85. The molecule has 0 radical (unpaired) electrons. The molecule has 26 heavy (non-hydrogen) atoms. The molecule has 0 spiro atoms. The Morgan fingerprint density at radius 2 is 1.77 bits per heavy atom. The van der Waals surface area contributed by atoms with E-state index in [2.05, 4.69) is 5.10 Å². The van der Waals surface area contributed by atoms with Crippen molar-refractivity contribution in [3.63, 3.8) is 0 Å². The van der Waals surface area contributed by atoms with Crippen LogP contribution in [0, 0.1) is 0 Å². The van der Waals surface area contributed by atoms with Crippen LogP contribution in [0.2, 0.25) is 5.02 Å². The Labute approximate surface area is 157 Å². The van der Waals surface area contributed by atoms with Crippen LogP contribution in [0.15, 0.2) is 53.3 Å². The van der Waals surface area contributed by atoms with Crippen molar-refractivity contribution in [2.24, 2.45) is 7.05 Å². The summed E-state index contributed by atoms with van der Waals surface area (Å²) in [5.74, 6) is -0.592. The molecule has 5 nitrogen and oxygen atoms in total. The molecule has 0 fully saturated rings. The van der Waals surface area contributed by atoms with E-state index < -0.39 is 5.97 Å². The fourth-order valence-electron chi connectivity index (χ4n) is 2.81. The van der Waals surface area contributed by atoms with Crippen LogP contribution < -0.4 is 5.56 Å². The van der Waals surface area contributed by atoms with E-state index in [9.17, 15) is 9.59 Å². The van der Waals surface area contributed by atoms with Crippen LogP contribution in [0.3, 0.4) is 0 Å². The second-order valence-electron chi connectivity index (χ2n) is 5.73. The van der Waals surface area contributed by atoms with Crippen LogP contribution in [0.5, 0.6) is 0 Å². The van der Waals surface area contributed by atoms with E-state index in [1.54, 1.807) is 24.3 Å². The maximum Gasteiger partial charge on any atom is 0.359 e. The van der Waals surface area contributed by atoms with Crippen LogP contribution in [-0.2, 0) is 18.4 Å². The first-order valence-corrected chi connectivity index (χ1v) is 9.05. The molecule has 0 amide bonds. The molecule has 0 N–H and O–H groups in total. The van der Waals surface area contributed by atoms with Gasteiger partial charge in [0, 0.05) is 22.5 Å². The number of nitrogens with zero attached hydrogens (tertiary/aromatic N) is 2. The minimum atomic E-state index is -0.592. The highest BCUT2D eigenvalue weighted by Crippen LogP contribution is 2.35. The molecule has 0 aliphatic heterocycles. The molecule has 130 valence electrons. The summed E-state index contributed by atoms with van der Waals surface area (Å²) in [6.07, 6.45) is 0. The number of fused-ring (bicyclic) bond motifs is 2. The summed E-state index contributed by atoms with van der Waals surface area (Å²) < 4.78 is 7.62. The number of carbonyl (C=O) groups is 1. The van der Waals surface area contributed by atoms with Gasteiger partial charge in [0.15, 0.2) is 5.69 Å². The number of benzene rings is 2. The van der Waals surface area contributed by atoms with E-state index >= 15 is 0 Å². The maximum atomic E-state index is 12.6. The van der Waals surface area contributed by atoms with Gasteiger partial charge in [-0.3, -0.25) is 4.79 Å². The third-order valence-electron chi connectivity index (χ3n) is 4.09. The van der Waals surface area contributed by atoms with Crippen molar-refractivity contribution in [2.45, 2.75) is 6.61 Å². The third kappa shape index (κ3) is 2.77. The molecule has 2 aromatic heterocycles. The SMILES string of the molecule is Cn1nc(C(=O)OCc2sc3ccccc3c2Cl)c2ccccc2c1=O. The van der Waals surface area contributed by atoms with Gasteiger partial charge in [0.1, 0.15) is 6.61 Å². The number of ether oxygens (including phenoxy) is 1. The number of carbonyl (C=O) groups excluding carboxylic acids is 1. The highest BCUT2D eigenvalue weighted by atomic mass is 35.5. The van der Waals surface area contributed by atoms with Crippen molar-refractivity contribution in [2.75, 3.05) is 0 Å². The molecule has 0 atom stereocenters. The Balaban J connectivity index is 1.67. The van der Waals surface area contributed by atoms with Crippen LogP contribution in [0.4, 0.5) is 0 Å². The average Bonchev–Trinajstić information content (AvgIpc) is 2.99. The fourth-order valence-corrected chi connectivity index (χ4v) is 4.21. The summed E-state index contributed by atoms with van der Waals surface area (Å²) in [7, 11) is 1.51. The van der Waals surface area contributed by atoms with Crippen molar-refractivity contribution >= 4 is 49.8 Å². The van der Waals surface area contributed by atoms with Gasteiger partial charge in [-0.1, -0.05) is 48.0 Å². The Morgan fingerprint density at radius 3 is 2.50 bits per heavy atom. The minimum absolute atomic E-state index is 0.0514. The molecule has 2 aromatic carbocycles. The monoisotopic (exact) mass is 384 g/mol. The molecular formula is C19H13ClN2O3S. The lowest BCUT2D eigenvalue weighted by Crippen LogP contribution is -2.23. The zero-order chi connectivity index (χ0) is 18.3. The Kier molecular flexibility index (Phi) is 4.22. The normalized spacial score (nSPS) is 11.2. The molecule has 4 aromatic rings. The lowest BCUT2D eigenvalue weighted by Gasteiger charge is -2.08. The van der Waals surface area contributed by atoms with Gasteiger partial charge in [0.05, 0.1) is 15.3 Å². The highest BCUT2D eigenvalue weighted by molar-refractivity contribution is 7.19. The largest absolute Gasteiger partial charge is 0.455 e. The highest BCUT2D eigenvalue weighted by Gasteiger charge is 2.18. The smallest absolute Gasteiger partial charge is 0.359 e. The zero-order valence-corrected chi connectivity index (χ0v) is 15.3. The van der Waals surface area contributed by atoms with Gasteiger partial charge in [0.25, 0.3) is 5.56 Å². The van der Waals surface area contributed by atoms with E-state index in [1.165, 1.54) is 18.4 Å². The van der Waals surface area contributed by atoms with Gasteiger partial charge in [-0.25, -0.2) is 9.48 Å². The predicted octanol–water partition coefficient (Wildman–Crippen LogP) is 4.16. The van der Waals surface area contributed by atoms with Crippen molar-refractivity contribution < 1.29 is 9.53 Å². The number of aryl methyl sites for hydroxylation is 1. The predicted molar refractivity (Wildman–Crippen MR) is 103 cm³/mol. The summed E-state index contributed by atoms with van der Waals surface area (Å²) in [4.78, 5) is 25.5. The number of hydrogen-bond donors (Lipinski definition) is 0. The summed E-state index contributed by atoms with van der Waals surface area (Å²) in [5.41, 5.74) is -0.148. The Bertz CT molecular complexity index is 1210. The van der Waals surface area contributed by atoms with E-state index in [4.69, 9.17) is 16.3 Å². The van der Waals surface area contributed by atoms with Crippen LogP contribution >= 0.6 is 22.9 Å². The molecule has 0 aliphatic carbocycles. The number of hydrogen-bond acceptors (Lipinski definition) is 5. The number of esters is 1. The number of rotatable bonds is 3. The van der Waals surface area contributed by atoms with Gasteiger partial charge in [0.2, 0.25) is 0 Å². The first-order chi connectivity index (χ1) is 12.6. The Morgan fingerprint density at radius 1 is 1.12 bits per heavy atom. The maximum absolute atomic E-state index is 12.6. The lowest BCUT2D eigenvalue weighted by molar-refractivity contribution is 0.0470. The number of halogens is 1. The molecule has 0 bridgehead atoms. The minimum Gasteiger partial charge on any atom is -0.455 e. The van der Waals surface area contributed by atoms with Gasteiger partial charge in [-0.15, -0.1) is 11.3 Å². The van der Waals surface area contributed by atoms with Gasteiger partial charge < -0.3 is 4.74 Å². The van der Waals surface area contributed by atoms with Crippen molar-refractivity contribution in [1.29, 1.82) is 0 Å². The van der Waals surface area contributed by atoms with Crippen LogP contribution in [-0.4, -0.2) is 15.7 Å². The molecular weight excluding hydrogens is 372 g/mol. The quantitative estimate of drug-likeness (QED) is 0.497. The number of aromatic nitrogens is 2. The molecule has 2 heterocycles. The molecule has 7 heteroatoms. The number of thiophene rings is 1. The molecule has 0 saturated heterocycles. The fraction of sp³-hybridized carbons (Fsp3) is 0.105. The van der Waals surface area contributed by atoms with Gasteiger partial charge in [-0.05, 0) is 12.1 Å². The second-order valence-corrected chi connectivity index (χ2v) is 7.25. The molecule has 4 rings (SSSR count). The standard InChI is InChI=1S/C19H13ClN2O3S/c1-22-18(23)12-7-3-2-6-11(12)17(21-22)19(24)25-10-15-16(20)13-8-4-5-9-14(13)26-15/h2-9H,10H2,1H3. The summed E-state index contributed by atoms with van der Waals surface area (Å²) >= 11 is 7.87. The molecule has 0 unspecified atom stereocenters. The lowest BCUT2D eigenvalue weighted by atomic mass is 10.1. The van der Waals surface area contributed by atoms with Gasteiger partial charge >= 0.3 is 5.97 Å². The van der Waals surface area contributed by atoms with Crippen molar-refractivity contribution in [3.8, 4) is 0 Å². The van der Waals surface area contributed by atoms with E-state index in [0.717, 1.165) is 19.6 Å². The second kappa shape index (κ2) is 6.55. The van der Waals surface area contributed by atoms with E-state index in [0.29, 0.717) is 15.8 Å². The van der Waals surface area contributed by atoms with Crippen molar-refractivity contribution in [1.82, 2.24) is 9.78 Å². The molecule has 0 aliphatic rings. The Hall–Kier alpha value is -2.70. The van der Waals surface area contributed by atoms with Crippen LogP contribution in [0.1, 0.15) is 15.4 Å². The van der Waals surface area contributed by atoms with E-state index in [1.807, 2.05) is 24.3 Å². The molecule has 0 saturated carbocycles. The third-order valence-corrected chi connectivity index (χ3v) is 5.77. The first kappa shape index (κ1) is 16.8. The topological polar surface area (TPSA) is 61.2 Å². The zero-order valence-electron chi connectivity index (χ0n) is 13.7. The average molecular weight is 385 g/mol. The summed E-state index contributed by atoms with van der Waals surface area (Å²) in [5, 5.41) is 6.52. The van der Waals surface area contributed by atoms with Gasteiger partial charge in [-0.2, -0.15) is 5.10 Å².